The SMILES string of the molecule is CCCCCCCCCCCCC(CC1CCCCO1)C(=O)NCCCCC(NC(C)=O)C(=O)O. The number of rotatable bonds is 21. The Labute approximate surface area is 213 Å². The first-order chi connectivity index (χ1) is 16.9. The molecule has 1 heterocycles. The summed E-state index contributed by atoms with van der Waals surface area (Å²) in [5, 5.41) is 14.7. The summed E-state index contributed by atoms with van der Waals surface area (Å²) in [5.74, 6) is -1.27. The molecule has 0 bridgehead atoms. The van der Waals surface area contributed by atoms with Crippen LogP contribution in [-0.4, -0.2) is 48.2 Å². The van der Waals surface area contributed by atoms with Crippen LogP contribution in [0.4, 0.5) is 0 Å². The van der Waals surface area contributed by atoms with Gasteiger partial charge in [0.05, 0.1) is 6.10 Å². The average molecular weight is 497 g/mol. The van der Waals surface area contributed by atoms with Gasteiger partial charge in [0, 0.05) is 26.0 Å². The number of ether oxygens (including phenoxy) is 1. The molecule has 0 saturated carbocycles. The Kier molecular flexibility index (Phi) is 18.4. The maximum Gasteiger partial charge on any atom is 0.326 e. The molecular formula is C28H52N2O5. The molecule has 3 N–H and O–H groups in total. The monoisotopic (exact) mass is 496 g/mol. The summed E-state index contributed by atoms with van der Waals surface area (Å²) in [6.07, 6.45) is 19.8. The van der Waals surface area contributed by atoms with Crippen LogP contribution < -0.4 is 10.6 Å². The summed E-state index contributed by atoms with van der Waals surface area (Å²) >= 11 is 0. The summed E-state index contributed by atoms with van der Waals surface area (Å²) < 4.78 is 5.91. The second kappa shape index (κ2) is 20.6. The number of carboxylic acid groups (broad SMARTS) is 1. The van der Waals surface area contributed by atoms with Crippen molar-refractivity contribution in [1.82, 2.24) is 10.6 Å². The van der Waals surface area contributed by atoms with Gasteiger partial charge in [-0.2, -0.15) is 0 Å². The Morgan fingerprint density at radius 3 is 2.09 bits per heavy atom. The second-order valence-electron chi connectivity index (χ2n) is 10.3. The number of nitrogens with one attached hydrogen (secondary N) is 2. The zero-order chi connectivity index (χ0) is 25.7. The van der Waals surface area contributed by atoms with Crippen LogP contribution in [0.15, 0.2) is 0 Å². The van der Waals surface area contributed by atoms with E-state index in [1.165, 1.54) is 71.1 Å². The molecule has 0 radical (unpaired) electrons. The predicted octanol–water partition coefficient (Wildman–Crippen LogP) is 5.75. The Bertz CT molecular complexity index is 578. The maximum absolute atomic E-state index is 12.9. The number of carbonyl (C=O) groups is 3. The lowest BCUT2D eigenvalue weighted by atomic mass is 9.91. The molecule has 1 fully saturated rings. The lowest BCUT2D eigenvalue weighted by Gasteiger charge is -2.26. The third-order valence-corrected chi connectivity index (χ3v) is 6.99. The Balaban J connectivity index is 2.31. The van der Waals surface area contributed by atoms with Gasteiger partial charge in [-0.1, -0.05) is 71.1 Å². The van der Waals surface area contributed by atoms with E-state index in [2.05, 4.69) is 17.6 Å². The summed E-state index contributed by atoms with van der Waals surface area (Å²) in [6, 6.07) is -0.865. The van der Waals surface area contributed by atoms with E-state index in [1.807, 2.05) is 0 Å². The van der Waals surface area contributed by atoms with E-state index in [4.69, 9.17) is 4.74 Å². The third kappa shape index (κ3) is 16.6. The topological polar surface area (TPSA) is 105 Å². The standard InChI is InChI=1S/C28H52N2O5/c1-3-4-5-6-7-8-9-10-11-12-17-24(22-25-18-14-16-21-35-25)27(32)29-20-15-13-19-26(28(33)34)30-23(2)31/h24-26H,3-22H2,1-2H3,(H,29,32)(H,30,31)(H,33,34). The van der Waals surface area contributed by atoms with Crippen LogP contribution in [0.1, 0.15) is 129 Å². The van der Waals surface area contributed by atoms with Gasteiger partial charge in [0.2, 0.25) is 11.8 Å². The van der Waals surface area contributed by atoms with Crippen molar-refractivity contribution in [3.05, 3.63) is 0 Å². The molecule has 7 nitrogen and oxygen atoms in total. The minimum atomic E-state index is -1.02. The number of unbranched alkanes of at least 4 members (excludes halogenated alkanes) is 10. The van der Waals surface area contributed by atoms with E-state index in [0.29, 0.717) is 25.8 Å². The van der Waals surface area contributed by atoms with Gasteiger partial charge in [-0.25, -0.2) is 4.79 Å². The molecule has 1 aliphatic rings. The van der Waals surface area contributed by atoms with Gasteiger partial charge in [0.15, 0.2) is 0 Å². The Morgan fingerprint density at radius 2 is 1.51 bits per heavy atom. The van der Waals surface area contributed by atoms with Crippen LogP contribution in [0.3, 0.4) is 0 Å². The van der Waals surface area contributed by atoms with Gasteiger partial charge in [-0.05, 0) is 51.4 Å². The van der Waals surface area contributed by atoms with Gasteiger partial charge >= 0.3 is 5.97 Å². The molecule has 1 rings (SSSR count). The van der Waals surface area contributed by atoms with E-state index in [9.17, 15) is 19.5 Å². The Hall–Kier alpha value is -1.63. The number of carbonyl (C=O) groups excluding carboxylic acids is 2. The van der Waals surface area contributed by atoms with Crippen LogP contribution in [0, 0.1) is 5.92 Å². The zero-order valence-electron chi connectivity index (χ0n) is 22.5. The Morgan fingerprint density at radius 1 is 0.886 bits per heavy atom. The molecule has 7 heteroatoms. The molecule has 1 aliphatic heterocycles. The third-order valence-electron chi connectivity index (χ3n) is 6.99. The molecule has 35 heavy (non-hydrogen) atoms. The first-order valence-electron chi connectivity index (χ1n) is 14.3. The van der Waals surface area contributed by atoms with Crippen molar-refractivity contribution >= 4 is 17.8 Å². The fourth-order valence-electron chi connectivity index (χ4n) is 4.88. The van der Waals surface area contributed by atoms with Crippen molar-refractivity contribution in [2.45, 2.75) is 142 Å². The number of hydrogen-bond donors (Lipinski definition) is 3. The lowest BCUT2D eigenvalue weighted by Crippen LogP contribution is -2.39. The van der Waals surface area contributed by atoms with Gasteiger partial charge in [-0.15, -0.1) is 0 Å². The van der Waals surface area contributed by atoms with Crippen molar-refractivity contribution in [1.29, 1.82) is 0 Å². The molecule has 0 aromatic rings. The molecule has 3 atom stereocenters. The molecule has 3 unspecified atom stereocenters. The number of aliphatic carboxylic acids is 1. The summed E-state index contributed by atoms with van der Waals surface area (Å²) in [5.41, 5.74) is 0. The van der Waals surface area contributed by atoms with Crippen LogP contribution in [-0.2, 0) is 19.1 Å². The van der Waals surface area contributed by atoms with Crippen LogP contribution in [0.25, 0.3) is 0 Å². The summed E-state index contributed by atoms with van der Waals surface area (Å²) in [6.45, 7) is 4.91. The van der Waals surface area contributed by atoms with E-state index in [-0.39, 0.29) is 23.8 Å². The molecule has 1 saturated heterocycles. The zero-order valence-corrected chi connectivity index (χ0v) is 22.5. The van der Waals surface area contributed by atoms with Crippen molar-refractivity contribution in [2.75, 3.05) is 13.2 Å². The first-order valence-corrected chi connectivity index (χ1v) is 14.3. The maximum atomic E-state index is 12.9. The molecule has 0 aromatic heterocycles. The fourth-order valence-corrected chi connectivity index (χ4v) is 4.88. The minimum absolute atomic E-state index is 0.0155. The minimum Gasteiger partial charge on any atom is -0.480 e. The molecular weight excluding hydrogens is 444 g/mol. The van der Waals surface area contributed by atoms with Gasteiger partial charge in [0.1, 0.15) is 6.04 Å². The van der Waals surface area contributed by atoms with Crippen LogP contribution >= 0.6 is 0 Å². The number of carboxylic acids is 1. The fraction of sp³-hybridized carbons (Fsp3) is 0.893. The lowest BCUT2D eigenvalue weighted by molar-refractivity contribution is -0.141. The van der Waals surface area contributed by atoms with E-state index in [1.54, 1.807) is 0 Å². The first kappa shape index (κ1) is 31.4. The molecule has 0 aromatic carbocycles. The van der Waals surface area contributed by atoms with E-state index in [0.717, 1.165) is 38.7 Å². The summed E-state index contributed by atoms with van der Waals surface area (Å²) in [7, 11) is 0. The average Bonchev–Trinajstić information content (AvgIpc) is 2.83. The van der Waals surface area contributed by atoms with Gasteiger partial charge in [-0.3, -0.25) is 9.59 Å². The normalized spacial score (nSPS) is 17.5. The van der Waals surface area contributed by atoms with Crippen molar-refractivity contribution in [2.24, 2.45) is 5.92 Å². The largest absolute Gasteiger partial charge is 0.480 e. The van der Waals surface area contributed by atoms with E-state index < -0.39 is 12.0 Å². The van der Waals surface area contributed by atoms with E-state index >= 15 is 0 Å². The van der Waals surface area contributed by atoms with Crippen LogP contribution in [0.5, 0.6) is 0 Å². The second-order valence-corrected chi connectivity index (χ2v) is 10.3. The molecule has 0 aliphatic carbocycles. The number of amides is 2. The van der Waals surface area contributed by atoms with Gasteiger partial charge in [0.25, 0.3) is 0 Å². The molecule has 0 spiro atoms. The predicted molar refractivity (Wildman–Crippen MR) is 140 cm³/mol. The number of hydrogen-bond acceptors (Lipinski definition) is 4. The highest BCUT2D eigenvalue weighted by Crippen LogP contribution is 2.24. The highest BCUT2D eigenvalue weighted by atomic mass is 16.5. The highest BCUT2D eigenvalue weighted by molar-refractivity contribution is 5.82. The molecule has 2 amide bonds. The highest BCUT2D eigenvalue weighted by Gasteiger charge is 2.24. The molecule has 204 valence electrons. The van der Waals surface area contributed by atoms with Crippen molar-refractivity contribution in [3.63, 3.8) is 0 Å². The van der Waals surface area contributed by atoms with Crippen molar-refractivity contribution < 1.29 is 24.2 Å². The smallest absolute Gasteiger partial charge is 0.326 e. The summed E-state index contributed by atoms with van der Waals surface area (Å²) in [4.78, 5) is 35.3. The van der Waals surface area contributed by atoms with Crippen LogP contribution in [0.2, 0.25) is 0 Å². The quantitative estimate of drug-likeness (QED) is 0.176. The van der Waals surface area contributed by atoms with Crippen molar-refractivity contribution in [3.8, 4) is 0 Å². The van der Waals surface area contributed by atoms with Gasteiger partial charge < -0.3 is 20.5 Å².